The van der Waals surface area contributed by atoms with Crippen LogP contribution in [0.5, 0.6) is 0 Å². The first-order valence-electron chi connectivity index (χ1n) is 10.1. The highest BCUT2D eigenvalue weighted by Crippen LogP contribution is 2.39. The molecular formula is C22H21F3N6. The zero-order valence-electron chi connectivity index (χ0n) is 16.8. The summed E-state index contributed by atoms with van der Waals surface area (Å²) in [4.78, 5) is 6.10. The average Bonchev–Trinajstić information content (AvgIpc) is 3.33. The summed E-state index contributed by atoms with van der Waals surface area (Å²) in [7, 11) is 0. The summed E-state index contributed by atoms with van der Waals surface area (Å²) in [6.07, 6.45) is -2.41. The largest absolute Gasteiger partial charge is 0.408 e. The normalized spacial score (nSPS) is 18.8. The van der Waals surface area contributed by atoms with Gasteiger partial charge in [-0.25, -0.2) is 4.98 Å². The smallest absolute Gasteiger partial charge is 0.326 e. The van der Waals surface area contributed by atoms with Crippen LogP contribution in [-0.4, -0.2) is 49.8 Å². The molecule has 0 spiro atoms. The van der Waals surface area contributed by atoms with Crippen molar-refractivity contribution in [1.29, 1.82) is 0 Å². The van der Waals surface area contributed by atoms with E-state index in [2.05, 4.69) is 10.2 Å². The van der Waals surface area contributed by atoms with Crippen molar-refractivity contribution in [3.8, 4) is 11.5 Å². The standard InChI is InChI=1S/C22H21F3N6/c1-13-3-2-4-14-5-7-17(27-19(13)14)21-29-28-18-8-6-15(11-31(18)21)20(22(23,24)25)30-10-9-16(26)12-30/h2-8,11,16,20H,9-10,12,26H2,1H3. The van der Waals surface area contributed by atoms with E-state index in [0.717, 1.165) is 16.5 Å². The molecule has 0 saturated carbocycles. The molecule has 9 heteroatoms. The molecule has 0 aliphatic carbocycles. The number of fused-ring (bicyclic) bond motifs is 2. The number of halogens is 3. The Morgan fingerprint density at radius 3 is 2.68 bits per heavy atom. The van der Waals surface area contributed by atoms with Gasteiger partial charge in [0.2, 0.25) is 0 Å². The molecule has 4 aromatic rings. The number of likely N-dealkylation sites (tertiary alicyclic amines) is 1. The minimum atomic E-state index is -4.43. The van der Waals surface area contributed by atoms with Crippen molar-refractivity contribution in [2.24, 2.45) is 5.73 Å². The van der Waals surface area contributed by atoms with Crippen LogP contribution >= 0.6 is 0 Å². The molecule has 1 aliphatic rings. The van der Waals surface area contributed by atoms with E-state index in [4.69, 9.17) is 10.7 Å². The highest BCUT2D eigenvalue weighted by molar-refractivity contribution is 5.83. The van der Waals surface area contributed by atoms with Crippen LogP contribution in [0, 0.1) is 6.92 Å². The van der Waals surface area contributed by atoms with Crippen LogP contribution in [0.2, 0.25) is 0 Å². The fraction of sp³-hybridized carbons (Fsp3) is 0.318. The fourth-order valence-corrected chi connectivity index (χ4v) is 4.32. The maximum absolute atomic E-state index is 14.0. The van der Waals surface area contributed by atoms with Crippen LogP contribution in [0.3, 0.4) is 0 Å². The van der Waals surface area contributed by atoms with Gasteiger partial charge in [0.15, 0.2) is 11.5 Å². The molecule has 4 heterocycles. The molecule has 2 N–H and O–H groups in total. The number of hydrogen-bond donors (Lipinski definition) is 1. The molecule has 2 unspecified atom stereocenters. The van der Waals surface area contributed by atoms with E-state index in [1.807, 2.05) is 37.3 Å². The molecule has 5 rings (SSSR count). The molecule has 3 aromatic heterocycles. The van der Waals surface area contributed by atoms with Crippen molar-refractivity contribution in [2.45, 2.75) is 31.6 Å². The highest BCUT2D eigenvalue weighted by Gasteiger charge is 2.46. The van der Waals surface area contributed by atoms with Crippen molar-refractivity contribution in [3.05, 3.63) is 59.8 Å². The van der Waals surface area contributed by atoms with Gasteiger partial charge in [0.25, 0.3) is 0 Å². The zero-order valence-corrected chi connectivity index (χ0v) is 16.8. The second-order valence-electron chi connectivity index (χ2n) is 8.05. The summed E-state index contributed by atoms with van der Waals surface area (Å²) in [5.74, 6) is 0.404. The number of nitrogens with two attached hydrogens (primary N) is 1. The van der Waals surface area contributed by atoms with E-state index in [1.54, 1.807) is 10.5 Å². The number of nitrogens with zero attached hydrogens (tertiary/aromatic N) is 5. The number of aromatic nitrogens is 4. The molecule has 31 heavy (non-hydrogen) atoms. The van der Waals surface area contributed by atoms with Gasteiger partial charge in [-0.05, 0) is 36.6 Å². The number of rotatable bonds is 3. The summed E-state index contributed by atoms with van der Waals surface area (Å²) >= 11 is 0. The lowest BCUT2D eigenvalue weighted by molar-refractivity contribution is -0.183. The third-order valence-electron chi connectivity index (χ3n) is 5.82. The highest BCUT2D eigenvalue weighted by atomic mass is 19.4. The van der Waals surface area contributed by atoms with Gasteiger partial charge < -0.3 is 5.73 Å². The van der Waals surface area contributed by atoms with E-state index in [1.165, 1.54) is 17.2 Å². The Bertz CT molecular complexity index is 1270. The van der Waals surface area contributed by atoms with E-state index in [9.17, 15) is 13.2 Å². The maximum Gasteiger partial charge on any atom is 0.408 e. The number of benzene rings is 1. The Morgan fingerprint density at radius 2 is 1.94 bits per heavy atom. The fourth-order valence-electron chi connectivity index (χ4n) is 4.32. The lowest BCUT2D eigenvalue weighted by atomic mass is 10.1. The molecule has 0 bridgehead atoms. The third kappa shape index (κ3) is 3.53. The van der Waals surface area contributed by atoms with Gasteiger partial charge in [0.1, 0.15) is 11.7 Å². The molecule has 6 nitrogen and oxygen atoms in total. The second kappa shape index (κ2) is 7.28. The second-order valence-corrected chi connectivity index (χ2v) is 8.05. The number of aryl methyl sites for hydroxylation is 1. The number of alkyl halides is 3. The van der Waals surface area contributed by atoms with Crippen LogP contribution in [0.4, 0.5) is 13.2 Å². The Hall–Kier alpha value is -3.04. The van der Waals surface area contributed by atoms with Crippen LogP contribution in [0.15, 0.2) is 48.7 Å². The van der Waals surface area contributed by atoms with Crippen molar-refractivity contribution in [3.63, 3.8) is 0 Å². The average molecular weight is 426 g/mol. The lowest BCUT2D eigenvalue weighted by Gasteiger charge is -2.30. The minimum absolute atomic E-state index is 0.132. The molecule has 0 amide bonds. The van der Waals surface area contributed by atoms with Crippen LogP contribution in [-0.2, 0) is 0 Å². The molecular weight excluding hydrogens is 405 g/mol. The van der Waals surface area contributed by atoms with Crippen LogP contribution in [0.25, 0.3) is 28.1 Å². The van der Waals surface area contributed by atoms with E-state index in [0.29, 0.717) is 30.1 Å². The first-order valence-corrected chi connectivity index (χ1v) is 10.1. The predicted octanol–water partition coefficient (Wildman–Crippen LogP) is 3.89. The third-order valence-corrected chi connectivity index (χ3v) is 5.82. The lowest BCUT2D eigenvalue weighted by Crippen LogP contribution is -2.38. The van der Waals surface area contributed by atoms with Crippen molar-refractivity contribution >= 4 is 16.6 Å². The van der Waals surface area contributed by atoms with Gasteiger partial charge in [-0.1, -0.05) is 30.3 Å². The topological polar surface area (TPSA) is 72.3 Å². The van der Waals surface area contributed by atoms with Gasteiger partial charge in [0.05, 0.1) is 5.52 Å². The summed E-state index contributed by atoms with van der Waals surface area (Å²) < 4.78 is 43.6. The summed E-state index contributed by atoms with van der Waals surface area (Å²) in [6.45, 7) is 2.49. The molecule has 160 valence electrons. The number of pyridine rings is 2. The minimum Gasteiger partial charge on any atom is -0.326 e. The first kappa shape index (κ1) is 19.9. The van der Waals surface area contributed by atoms with Gasteiger partial charge >= 0.3 is 6.18 Å². The molecule has 1 fully saturated rings. The van der Waals surface area contributed by atoms with Gasteiger partial charge in [-0.2, -0.15) is 13.2 Å². The summed E-state index contributed by atoms with van der Waals surface area (Å²) in [6, 6.07) is 10.7. The van der Waals surface area contributed by atoms with E-state index in [-0.39, 0.29) is 18.2 Å². The van der Waals surface area contributed by atoms with Crippen molar-refractivity contribution in [2.75, 3.05) is 13.1 Å². The quantitative estimate of drug-likeness (QED) is 0.538. The first-order chi connectivity index (χ1) is 14.8. The molecule has 1 saturated heterocycles. The molecule has 2 atom stereocenters. The molecule has 1 aliphatic heterocycles. The van der Waals surface area contributed by atoms with Crippen molar-refractivity contribution in [1.82, 2.24) is 24.5 Å². The summed E-state index contributed by atoms with van der Waals surface area (Å²) in [5, 5.41) is 9.32. The zero-order chi connectivity index (χ0) is 21.8. The number of para-hydroxylation sites is 1. The van der Waals surface area contributed by atoms with Gasteiger partial charge in [0, 0.05) is 30.7 Å². The monoisotopic (exact) mass is 426 g/mol. The maximum atomic E-state index is 14.0. The van der Waals surface area contributed by atoms with Crippen LogP contribution < -0.4 is 5.73 Å². The molecule has 1 aromatic carbocycles. The summed E-state index contributed by atoms with van der Waals surface area (Å²) in [5.41, 5.74) is 8.86. The van der Waals surface area contributed by atoms with E-state index < -0.39 is 12.2 Å². The van der Waals surface area contributed by atoms with Gasteiger partial charge in [-0.3, -0.25) is 9.30 Å². The van der Waals surface area contributed by atoms with Gasteiger partial charge in [-0.15, -0.1) is 10.2 Å². The Balaban J connectivity index is 1.62. The SMILES string of the molecule is Cc1cccc2ccc(-c3nnc4ccc(C(N5CCC(N)C5)C(F)(F)F)cn34)nc12. The Labute approximate surface area is 176 Å². The van der Waals surface area contributed by atoms with Crippen molar-refractivity contribution < 1.29 is 13.2 Å². The number of hydrogen-bond acceptors (Lipinski definition) is 5. The molecule has 0 radical (unpaired) electrons. The predicted molar refractivity (Wildman–Crippen MR) is 111 cm³/mol. The van der Waals surface area contributed by atoms with Crippen LogP contribution in [0.1, 0.15) is 23.6 Å². The Morgan fingerprint density at radius 1 is 1.10 bits per heavy atom. The Kier molecular flexibility index (Phi) is 4.67. The van der Waals surface area contributed by atoms with E-state index >= 15 is 0 Å².